The van der Waals surface area contributed by atoms with E-state index in [4.69, 9.17) is 0 Å². The zero-order chi connectivity index (χ0) is 19.2. The molecular formula is C24H30S2. The Morgan fingerprint density at radius 2 is 0.885 bits per heavy atom. The summed E-state index contributed by atoms with van der Waals surface area (Å²) in [6, 6.07) is 17.7. The molecule has 26 heavy (non-hydrogen) atoms. The van der Waals surface area contributed by atoms with Crippen molar-refractivity contribution in [1.82, 2.24) is 0 Å². The molecule has 2 aromatic carbocycles. The Hall–Kier alpha value is -1.30. The Morgan fingerprint density at radius 1 is 0.577 bits per heavy atom. The minimum absolute atomic E-state index is 0.214. The van der Waals surface area contributed by atoms with Gasteiger partial charge >= 0.3 is 0 Å². The van der Waals surface area contributed by atoms with Gasteiger partial charge in [-0.2, -0.15) is 0 Å². The Bertz CT molecular complexity index is 680. The van der Waals surface area contributed by atoms with Crippen LogP contribution >= 0.6 is 23.5 Å². The van der Waals surface area contributed by atoms with E-state index in [2.05, 4.69) is 102 Å². The molecule has 138 valence electrons. The molecule has 0 bridgehead atoms. The Kier molecular flexibility index (Phi) is 7.33. The maximum Gasteiger partial charge on any atom is 0.0595 e. The number of benzene rings is 2. The van der Waals surface area contributed by atoms with Gasteiger partial charge < -0.3 is 0 Å². The molecule has 0 spiro atoms. The van der Waals surface area contributed by atoms with Crippen molar-refractivity contribution in [1.29, 1.82) is 0 Å². The van der Waals surface area contributed by atoms with Crippen LogP contribution in [-0.4, -0.2) is 11.5 Å². The van der Waals surface area contributed by atoms with Gasteiger partial charge in [0.2, 0.25) is 0 Å². The summed E-state index contributed by atoms with van der Waals surface area (Å²) in [4.78, 5) is 2.58. The molecule has 0 aliphatic heterocycles. The van der Waals surface area contributed by atoms with Crippen LogP contribution < -0.4 is 0 Å². The van der Waals surface area contributed by atoms with Crippen LogP contribution in [-0.2, 0) is 10.8 Å². The van der Waals surface area contributed by atoms with Crippen molar-refractivity contribution >= 4 is 23.5 Å². The second kappa shape index (κ2) is 9.07. The first-order valence-electron chi connectivity index (χ1n) is 9.09. The van der Waals surface area contributed by atoms with Gasteiger partial charge in [0.1, 0.15) is 0 Å². The molecule has 0 aliphatic carbocycles. The van der Waals surface area contributed by atoms with E-state index in [0.29, 0.717) is 0 Å². The number of hydrogen-bond donors (Lipinski definition) is 0. The fourth-order valence-electron chi connectivity index (χ4n) is 2.44. The van der Waals surface area contributed by atoms with Gasteiger partial charge in [0.05, 0.1) is 11.5 Å². The summed E-state index contributed by atoms with van der Waals surface area (Å²) in [5, 5.41) is 0. The lowest BCUT2D eigenvalue weighted by molar-refractivity contribution is 0.589. The molecule has 0 aromatic heterocycles. The summed E-state index contributed by atoms with van der Waals surface area (Å²) in [6.07, 6.45) is 0. The lowest BCUT2D eigenvalue weighted by Gasteiger charge is -2.18. The lowest BCUT2D eigenvalue weighted by atomic mass is 9.87. The Morgan fingerprint density at radius 3 is 1.15 bits per heavy atom. The van der Waals surface area contributed by atoms with Crippen molar-refractivity contribution in [2.24, 2.45) is 0 Å². The van der Waals surface area contributed by atoms with Crippen LogP contribution in [0.25, 0.3) is 0 Å². The third-order valence-electron chi connectivity index (χ3n) is 4.19. The molecule has 0 unspecified atom stereocenters. The van der Waals surface area contributed by atoms with Crippen molar-refractivity contribution in [2.75, 3.05) is 11.5 Å². The Labute approximate surface area is 168 Å². The van der Waals surface area contributed by atoms with Crippen molar-refractivity contribution in [3.63, 3.8) is 0 Å². The Balaban J connectivity index is 1.75. The first kappa shape index (κ1) is 21.0. The van der Waals surface area contributed by atoms with Crippen LogP contribution in [0.2, 0.25) is 0 Å². The summed E-state index contributed by atoms with van der Waals surface area (Å²) < 4.78 is 0. The topological polar surface area (TPSA) is 0 Å². The van der Waals surface area contributed by atoms with E-state index in [9.17, 15) is 0 Å². The van der Waals surface area contributed by atoms with Crippen molar-refractivity contribution in [3.8, 4) is 11.8 Å². The lowest BCUT2D eigenvalue weighted by Crippen LogP contribution is -2.10. The van der Waals surface area contributed by atoms with E-state index in [1.165, 1.54) is 20.9 Å². The molecule has 2 rings (SSSR count). The van der Waals surface area contributed by atoms with Gasteiger partial charge in [-0.3, -0.25) is 0 Å². The number of rotatable bonds is 4. The van der Waals surface area contributed by atoms with E-state index in [0.717, 1.165) is 11.5 Å². The standard InChI is InChI=1S/C24H30S2/c1-23(2,3)19-9-13-21(14-10-19)25-17-7-8-18-26-22-15-11-20(12-16-22)24(4,5)6/h9-16H,17-18H2,1-6H3. The zero-order valence-corrected chi connectivity index (χ0v) is 18.5. The average molecular weight is 383 g/mol. The third kappa shape index (κ3) is 6.78. The summed E-state index contributed by atoms with van der Waals surface area (Å²) in [6.45, 7) is 13.5. The molecule has 0 heterocycles. The van der Waals surface area contributed by atoms with Gasteiger partial charge in [0.25, 0.3) is 0 Å². The molecule has 0 saturated heterocycles. The van der Waals surface area contributed by atoms with Gasteiger partial charge in [-0.15, -0.1) is 23.5 Å². The highest BCUT2D eigenvalue weighted by Gasteiger charge is 2.13. The van der Waals surface area contributed by atoms with E-state index >= 15 is 0 Å². The molecule has 0 amide bonds. The SMILES string of the molecule is CC(C)(C)c1ccc(SCC#CCSc2ccc(C(C)(C)C)cc2)cc1. The molecule has 0 atom stereocenters. The molecule has 2 heteroatoms. The predicted molar refractivity (Wildman–Crippen MR) is 120 cm³/mol. The summed E-state index contributed by atoms with van der Waals surface area (Å²) in [5.41, 5.74) is 3.18. The van der Waals surface area contributed by atoms with Crippen LogP contribution in [0.3, 0.4) is 0 Å². The van der Waals surface area contributed by atoms with Crippen molar-refractivity contribution in [3.05, 3.63) is 59.7 Å². The minimum Gasteiger partial charge on any atom is -0.113 e. The zero-order valence-electron chi connectivity index (χ0n) is 16.8. The average Bonchev–Trinajstić information content (AvgIpc) is 2.57. The normalized spacial score (nSPS) is 11.8. The molecule has 0 nitrogen and oxygen atoms in total. The van der Waals surface area contributed by atoms with Crippen LogP contribution in [0.5, 0.6) is 0 Å². The van der Waals surface area contributed by atoms with E-state index < -0.39 is 0 Å². The number of thioether (sulfide) groups is 2. The van der Waals surface area contributed by atoms with E-state index in [1.54, 1.807) is 0 Å². The fraction of sp³-hybridized carbons (Fsp3) is 0.417. The van der Waals surface area contributed by atoms with E-state index in [-0.39, 0.29) is 10.8 Å². The smallest absolute Gasteiger partial charge is 0.0595 e. The molecular weight excluding hydrogens is 352 g/mol. The molecule has 0 aliphatic rings. The maximum absolute atomic E-state index is 3.28. The van der Waals surface area contributed by atoms with Crippen molar-refractivity contribution < 1.29 is 0 Å². The molecule has 2 aromatic rings. The fourth-order valence-corrected chi connectivity index (χ4v) is 3.78. The van der Waals surface area contributed by atoms with Gasteiger partial charge in [0, 0.05) is 9.79 Å². The summed E-state index contributed by atoms with van der Waals surface area (Å²) in [7, 11) is 0. The number of hydrogen-bond acceptors (Lipinski definition) is 2. The van der Waals surface area contributed by atoms with Gasteiger partial charge in [0.15, 0.2) is 0 Å². The van der Waals surface area contributed by atoms with Crippen LogP contribution in [0.15, 0.2) is 58.3 Å². The first-order chi connectivity index (χ1) is 12.2. The van der Waals surface area contributed by atoms with Crippen LogP contribution in [0, 0.1) is 11.8 Å². The maximum atomic E-state index is 3.28. The summed E-state index contributed by atoms with van der Waals surface area (Å²) in [5.74, 6) is 8.24. The quantitative estimate of drug-likeness (QED) is 0.406. The van der Waals surface area contributed by atoms with Crippen molar-refractivity contribution in [2.45, 2.75) is 62.2 Å². The molecule has 0 radical (unpaired) electrons. The van der Waals surface area contributed by atoms with Crippen LogP contribution in [0.1, 0.15) is 52.7 Å². The van der Waals surface area contributed by atoms with Gasteiger partial charge in [-0.1, -0.05) is 77.6 Å². The van der Waals surface area contributed by atoms with Crippen LogP contribution in [0.4, 0.5) is 0 Å². The van der Waals surface area contributed by atoms with E-state index in [1.807, 2.05) is 23.5 Å². The largest absolute Gasteiger partial charge is 0.113 e. The van der Waals surface area contributed by atoms with Gasteiger partial charge in [-0.25, -0.2) is 0 Å². The molecule has 0 saturated carbocycles. The second-order valence-electron chi connectivity index (χ2n) is 8.48. The first-order valence-corrected chi connectivity index (χ1v) is 11.1. The molecule has 0 fully saturated rings. The summed E-state index contributed by atoms with van der Waals surface area (Å²) >= 11 is 3.62. The highest BCUT2D eigenvalue weighted by molar-refractivity contribution is 7.99. The highest BCUT2D eigenvalue weighted by atomic mass is 32.2. The van der Waals surface area contributed by atoms with Gasteiger partial charge in [-0.05, 0) is 46.2 Å². The monoisotopic (exact) mass is 382 g/mol. The predicted octanol–water partition coefficient (Wildman–Crippen LogP) is 7.17. The third-order valence-corrected chi connectivity index (χ3v) is 5.98. The highest BCUT2D eigenvalue weighted by Crippen LogP contribution is 2.26. The molecule has 0 N–H and O–H groups in total. The minimum atomic E-state index is 0.214. The second-order valence-corrected chi connectivity index (χ2v) is 10.6.